The SMILES string of the molecule is COc1ccc(C(=O)[PH](=O)CCCCC(C)(C)C)c(OC)c1. The van der Waals surface area contributed by atoms with E-state index in [0.29, 0.717) is 23.2 Å². The van der Waals surface area contributed by atoms with Crippen LogP contribution in [0, 0.1) is 5.41 Å². The first-order valence-electron chi connectivity index (χ1n) is 7.58. The molecule has 1 atom stereocenters. The third-order valence-corrected chi connectivity index (χ3v) is 5.07. The fourth-order valence-corrected chi connectivity index (χ4v) is 3.50. The fraction of sp³-hybridized carbons (Fsp3) is 0.588. The number of ether oxygens (including phenoxy) is 2. The molecule has 0 spiro atoms. The Labute approximate surface area is 134 Å². The Morgan fingerprint density at radius 3 is 2.36 bits per heavy atom. The lowest BCUT2D eigenvalue weighted by atomic mass is 9.90. The van der Waals surface area contributed by atoms with Crippen molar-refractivity contribution < 1.29 is 18.8 Å². The van der Waals surface area contributed by atoms with Crippen LogP contribution in [-0.4, -0.2) is 25.9 Å². The van der Waals surface area contributed by atoms with Crippen molar-refractivity contribution in [1.82, 2.24) is 0 Å². The van der Waals surface area contributed by atoms with Crippen molar-refractivity contribution in [3.05, 3.63) is 23.8 Å². The van der Waals surface area contributed by atoms with Gasteiger partial charge in [-0.2, -0.15) is 0 Å². The quantitative estimate of drug-likeness (QED) is 0.517. The number of rotatable bonds is 8. The van der Waals surface area contributed by atoms with Gasteiger partial charge in [0.05, 0.1) is 19.8 Å². The van der Waals surface area contributed by atoms with Gasteiger partial charge in [0.25, 0.3) is 0 Å². The van der Waals surface area contributed by atoms with Gasteiger partial charge in [-0.25, -0.2) is 0 Å². The average Bonchev–Trinajstić information content (AvgIpc) is 2.48. The van der Waals surface area contributed by atoms with E-state index in [1.807, 2.05) is 0 Å². The summed E-state index contributed by atoms with van der Waals surface area (Å²) in [6.45, 7) is 6.55. The van der Waals surface area contributed by atoms with E-state index in [0.717, 1.165) is 19.3 Å². The highest BCUT2D eigenvalue weighted by atomic mass is 31.1. The Bertz CT molecular complexity index is 532. The van der Waals surface area contributed by atoms with E-state index in [2.05, 4.69) is 20.8 Å². The topological polar surface area (TPSA) is 52.6 Å². The summed E-state index contributed by atoms with van der Waals surface area (Å²) in [6, 6.07) is 4.95. The molecule has 1 aromatic carbocycles. The number of hydrogen-bond donors (Lipinski definition) is 0. The summed E-state index contributed by atoms with van der Waals surface area (Å²) in [5, 5.41) is 0. The molecule has 0 saturated heterocycles. The van der Waals surface area contributed by atoms with Crippen LogP contribution in [0.25, 0.3) is 0 Å². The molecule has 0 amide bonds. The maximum Gasteiger partial charge on any atom is 0.222 e. The lowest BCUT2D eigenvalue weighted by Crippen LogP contribution is -2.05. The van der Waals surface area contributed by atoms with Crippen molar-refractivity contribution >= 4 is 13.3 Å². The maximum atomic E-state index is 12.3. The molecular formula is C17H27O4P. The molecule has 1 rings (SSSR count). The Hall–Kier alpha value is -1.28. The minimum atomic E-state index is -2.30. The van der Waals surface area contributed by atoms with Crippen molar-refractivity contribution in [2.24, 2.45) is 5.41 Å². The summed E-state index contributed by atoms with van der Waals surface area (Å²) in [4.78, 5) is 12.3. The first-order chi connectivity index (χ1) is 10.3. The summed E-state index contributed by atoms with van der Waals surface area (Å²) in [5.74, 6) is 1.02. The first-order valence-corrected chi connectivity index (χ1v) is 9.19. The number of methoxy groups -OCH3 is 2. The van der Waals surface area contributed by atoms with Crippen LogP contribution < -0.4 is 9.47 Å². The molecule has 0 aliphatic heterocycles. The molecular weight excluding hydrogens is 299 g/mol. The molecule has 0 radical (unpaired) electrons. The summed E-state index contributed by atoms with van der Waals surface area (Å²) in [7, 11) is 0.744. The highest BCUT2D eigenvalue weighted by Crippen LogP contribution is 2.35. The molecule has 0 aliphatic carbocycles. The Morgan fingerprint density at radius 1 is 1.14 bits per heavy atom. The monoisotopic (exact) mass is 326 g/mol. The van der Waals surface area contributed by atoms with Gasteiger partial charge in [-0.05, 0) is 30.4 Å². The molecule has 0 fully saturated rings. The summed E-state index contributed by atoms with van der Waals surface area (Å²) < 4.78 is 22.5. The van der Waals surface area contributed by atoms with E-state index in [9.17, 15) is 9.36 Å². The smallest absolute Gasteiger partial charge is 0.222 e. The van der Waals surface area contributed by atoms with Gasteiger partial charge in [-0.15, -0.1) is 0 Å². The van der Waals surface area contributed by atoms with Gasteiger partial charge in [-0.1, -0.05) is 27.2 Å². The average molecular weight is 326 g/mol. The number of benzene rings is 1. The zero-order valence-electron chi connectivity index (χ0n) is 14.2. The molecule has 1 unspecified atom stereocenters. The number of unbranched alkanes of at least 4 members (excludes halogenated alkanes) is 1. The van der Waals surface area contributed by atoms with E-state index in [-0.39, 0.29) is 10.9 Å². The van der Waals surface area contributed by atoms with Crippen LogP contribution in [-0.2, 0) is 4.57 Å². The lowest BCUT2D eigenvalue weighted by Gasteiger charge is -2.17. The highest BCUT2D eigenvalue weighted by Gasteiger charge is 2.19. The highest BCUT2D eigenvalue weighted by molar-refractivity contribution is 7.64. The van der Waals surface area contributed by atoms with Crippen molar-refractivity contribution in [3.8, 4) is 11.5 Å². The van der Waals surface area contributed by atoms with Gasteiger partial charge in [-0.3, -0.25) is 4.79 Å². The molecule has 0 aromatic heterocycles. The van der Waals surface area contributed by atoms with Gasteiger partial charge in [0.15, 0.2) is 0 Å². The predicted octanol–water partition coefficient (Wildman–Crippen LogP) is 4.62. The maximum absolute atomic E-state index is 12.3. The second-order valence-electron chi connectivity index (χ2n) is 6.59. The van der Waals surface area contributed by atoms with Crippen LogP contribution >= 0.6 is 7.80 Å². The largest absolute Gasteiger partial charge is 0.497 e. The minimum absolute atomic E-state index is 0.277. The molecule has 1 aromatic rings. The van der Waals surface area contributed by atoms with E-state index < -0.39 is 7.80 Å². The Morgan fingerprint density at radius 2 is 1.82 bits per heavy atom. The third kappa shape index (κ3) is 5.84. The third-order valence-electron chi connectivity index (χ3n) is 3.49. The number of carbonyl (C=O) groups excluding carboxylic acids is 1. The molecule has 4 nitrogen and oxygen atoms in total. The van der Waals surface area contributed by atoms with Crippen molar-refractivity contribution in [2.45, 2.75) is 40.0 Å². The number of carbonyl (C=O) groups is 1. The van der Waals surface area contributed by atoms with Gasteiger partial charge >= 0.3 is 0 Å². The van der Waals surface area contributed by atoms with Crippen LogP contribution in [0.3, 0.4) is 0 Å². The zero-order valence-corrected chi connectivity index (χ0v) is 15.2. The van der Waals surface area contributed by atoms with Gasteiger partial charge in [0.1, 0.15) is 19.3 Å². The zero-order chi connectivity index (χ0) is 16.8. The molecule has 0 saturated carbocycles. The standard InChI is InChI=1S/C17H27O4P/c1-17(2,3)10-6-7-11-22(19)16(18)14-9-8-13(20-4)12-15(14)21-5/h8-9,12,22H,6-7,10-11H2,1-5H3. The van der Waals surface area contributed by atoms with Crippen LogP contribution in [0.15, 0.2) is 18.2 Å². The van der Waals surface area contributed by atoms with Gasteiger partial charge in [0.2, 0.25) is 5.52 Å². The molecule has 0 N–H and O–H groups in total. The summed E-state index contributed by atoms with van der Waals surface area (Å²) in [5.41, 5.74) is 0.349. The molecule has 22 heavy (non-hydrogen) atoms. The van der Waals surface area contributed by atoms with Gasteiger partial charge < -0.3 is 14.0 Å². The summed E-state index contributed by atoms with van der Waals surface area (Å²) >= 11 is 0. The molecule has 0 heterocycles. The van der Waals surface area contributed by atoms with E-state index in [1.54, 1.807) is 25.3 Å². The van der Waals surface area contributed by atoms with E-state index in [4.69, 9.17) is 9.47 Å². The van der Waals surface area contributed by atoms with Crippen molar-refractivity contribution in [3.63, 3.8) is 0 Å². The molecule has 124 valence electrons. The Balaban J connectivity index is 2.65. The van der Waals surface area contributed by atoms with Crippen LogP contribution in [0.1, 0.15) is 50.4 Å². The van der Waals surface area contributed by atoms with Crippen LogP contribution in [0.2, 0.25) is 0 Å². The fourth-order valence-electron chi connectivity index (χ4n) is 2.19. The Kier molecular flexibility index (Phi) is 7.15. The van der Waals surface area contributed by atoms with Crippen molar-refractivity contribution in [2.75, 3.05) is 20.4 Å². The first kappa shape index (κ1) is 18.8. The second-order valence-corrected chi connectivity index (χ2v) is 8.39. The van der Waals surface area contributed by atoms with Crippen molar-refractivity contribution in [1.29, 1.82) is 0 Å². The predicted molar refractivity (Wildman–Crippen MR) is 91.1 cm³/mol. The normalized spacial score (nSPS) is 12.8. The van der Waals surface area contributed by atoms with Gasteiger partial charge in [0, 0.05) is 12.2 Å². The van der Waals surface area contributed by atoms with Crippen LogP contribution in [0.5, 0.6) is 11.5 Å². The van der Waals surface area contributed by atoms with Crippen LogP contribution in [0.4, 0.5) is 0 Å². The second kappa shape index (κ2) is 8.38. The molecule has 0 bridgehead atoms. The van der Waals surface area contributed by atoms with E-state index in [1.165, 1.54) is 7.11 Å². The van der Waals surface area contributed by atoms with E-state index >= 15 is 0 Å². The lowest BCUT2D eigenvalue weighted by molar-refractivity contribution is 0.107. The minimum Gasteiger partial charge on any atom is -0.497 e. The number of hydrogen-bond acceptors (Lipinski definition) is 4. The molecule has 5 heteroatoms. The summed E-state index contributed by atoms with van der Waals surface area (Å²) in [6.07, 6.45) is 3.35. The molecule has 0 aliphatic rings.